The molecule has 0 aromatic heterocycles. The lowest BCUT2D eigenvalue weighted by Crippen LogP contribution is -2.60. The van der Waals surface area contributed by atoms with Gasteiger partial charge in [-0.2, -0.15) is 0 Å². The molecule has 2 rings (SSSR count). The topological polar surface area (TPSA) is 153 Å². The monoisotopic (exact) mass is 844 g/mol. The Kier molecular flexibility index (Phi) is 22.2. The molecular weight excluding hydrogens is 763 g/mol. The molecule has 1 aliphatic heterocycles. The fourth-order valence-electron chi connectivity index (χ4n) is 8.45. The summed E-state index contributed by atoms with van der Waals surface area (Å²) in [6.07, 6.45) is 1.16. The highest BCUT2D eigenvalue weighted by atomic mass is 16.5. The number of benzene rings is 1. The number of ether oxygens (including phenoxy) is 2. The number of hydrogen-bond donors (Lipinski definition) is 3. The number of nitrogens with one attached hydrogen (secondary N) is 3. The van der Waals surface area contributed by atoms with Crippen LogP contribution < -0.4 is 16.0 Å². The first-order chi connectivity index (χ1) is 28.2. The highest BCUT2D eigenvalue weighted by molar-refractivity contribution is 5.91. The van der Waals surface area contributed by atoms with Crippen molar-refractivity contribution in [1.82, 2.24) is 35.6 Å². The minimum absolute atomic E-state index is 0.0101. The number of likely N-dealkylation sites (N-methyl/N-ethyl adjacent to an activating group) is 3. The molecule has 60 heavy (non-hydrogen) atoms. The predicted octanol–water partition coefficient (Wildman–Crippen LogP) is 3.82. The van der Waals surface area contributed by atoms with Gasteiger partial charge >= 0.3 is 0 Å². The average Bonchev–Trinajstić information content (AvgIpc) is 3.68. The van der Waals surface area contributed by atoms with E-state index in [4.69, 9.17) is 9.47 Å². The number of rotatable bonds is 25. The van der Waals surface area contributed by atoms with Crippen LogP contribution in [0.1, 0.15) is 93.6 Å². The van der Waals surface area contributed by atoms with Gasteiger partial charge < -0.3 is 40.1 Å². The smallest absolute Gasteiger partial charge is 0.245 e. The Labute approximate surface area is 362 Å². The van der Waals surface area contributed by atoms with Crippen molar-refractivity contribution in [3.05, 3.63) is 35.9 Å². The second-order valence-corrected chi connectivity index (χ2v) is 18.1. The van der Waals surface area contributed by atoms with E-state index in [0.717, 1.165) is 18.4 Å². The van der Waals surface area contributed by atoms with Crippen LogP contribution in [-0.4, -0.2) is 160 Å². The third-order valence-electron chi connectivity index (χ3n) is 12.4. The van der Waals surface area contributed by atoms with Gasteiger partial charge in [-0.15, -0.1) is 0 Å². The molecule has 5 amide bonds. The fourth-order valence-corrected chi connectivity index (χ4v) is 8.45. The first kappa shape index (κ1) is 52.5. The van der Waals surface area contributed by atoms with Gasteiger partial charge in [-0.3, -0.25) is 28.9 Å². The Hall–Kier alpha value is -3.59. The summed E-state index contributed by atoms with van der Waals surface area (Å²) in [7, 11) is 10.6. The molecule has 0 aliphatic carbocycles. The van der Waals surface area contributed by atoms with E-state index >= 15 is 0 Å². The van der Waals surface area contributed by atoms with Crippen molar-refractivity contribution >= 4 is 29.5 Å². The second-order valence-electron chi connectivity index (χ2n) is 18.1. The van der Waals surface area contributed by atoms with E-state index in [2.05, 4.69) is 16.0 Å². The molecule has 1 saturated heterocycles. The molecule has 1 aromatic carbocycles. The maximum Gasteiger partial charge on any atom is 0.245 e. The van der Waals surface area contributed by atoms with Gasteiger partial charge in [0.25, 0.3) is 0 Å². The van der Waals surface area contributed by atoms with Gasteiger partial charge in [-0.1, -0.05) is 85.2 Å². The van der Waals surface area contributed by atoms with Crippen LogP contribution in [0.3, 0.4) is 0 Å². The summed E-state index contributed by atoms with van der Waals surface area (Å²) in [4.78, 5) is 77.4. The molecule has 342 valence electrons. The number of amides is 5. The predicted molar refractivity (Wildman–Crippen MR) is 238 cm³/mol. The summed E-state index contributed by atoms with van der Waals surface area (Å²) in [6.45, 7) is 19.4. The fraction of sp³-hybridized carbons (Fsp3) is 0.761. The van der Waals surface area contributed by atoms with Gasteiger partial charge in [0, 0.05) is 53.4 Å². The van der Waals surface area contributed by atoms with Gasteiger partial charge in [0.05, 0.1) is 42.7 Å². The van der Waals surface area contributed by atoms with Crippen LogP contribution in [-0.2, 0) is 39.9 Å². The summed E-state index contributed by atoms with van der Waals surface area (Å²) < 4.78 is 12.1. The zero-order valence-electron chi connectivity index (χ0n) is 39.6. The maximum absolute atomic E-state index is 14.4. The highest BCUT2D eigenvalue weighted by Crippen LogP contribution is 2.30. The number of likely N-dealkylation sites (tertiary alicyclic amines) is 1. The summed E-state index contributed by atoms with van der Waals surface area (Å²) in [5.41, 5.74) is 0.920. The van der Waals surface area contributed by atoms with Crippen molar-refractivity contribution in [2.45, 2.75) is 143 Å². The van der Waals surface area contributed by atoms with E-state index in [0.29, 0.717) is 32.5 Å². The molecule has 0 bridgehead atoms. The largest absolute Gasteiger partial charge is 0.379 e. The molecular formula is C46H81N7O7. The van der Waals surface area contributed by atoms with Crippen LogP contribution in [0.2, 0.25) is 0 Å². The molecule has 9 atom stereocenters. The molecule has 0 radical (unpaired) electrons. The third kappa shape index (κ3) is 14.8. The second kappa shape index (κ2) is 25.4. The van der Waals surface area contributed by atoms with E-state index < -0.39 is 42.3 Å². The molecule has 14 heteroatoms. The summed E-state index contributed by atoms with van der Waals surface area (Å²) in [5.74, 6) is -2.06. The Morgan fingerprint density at radius 1 is 0.833 bits per heavy atom. The van der Waals surface area contributed by atoms with Crippen LogP contribution in [0.5, 0.6) is 0 Å². The number of carbonyl (C=O) groups excluding carboxylic acids is 5. The molecule has 0 saturated carbocycles. The standard InChI is InChI=1S/C46H81N7O7/c1-16-32(8)41(52(13)46(58)39(29(2)3)49-45(57)40(30(4)5)51(12)31(6)7)37(59-14)28-38(54)53-25-20-23-36(53)42(60-15)33(9)43(55)48-35(27-34-21-18-17-19-22-34)44(56)47-24-26-50(10)11/h17-19,21-22,29-33,35-37,39-42H,16,20,23-28H2,1-15H3,(H,47,56)(H,48,55)(H,49,57)/t32?,33?,35?,36?,37?,39-,40?,41-,42+/m0/s1. The van der Waals surface area contributed by atoms with Crippen LogP contribution in [0.4, 0.5) is 0 Å². The quantitative estimate of drug-likeness (QED) is 0.134. The number of hydrogen-bond acceptors (Lipinski definition) is 9. The molecule has 1 aliphatic rings. The highest BCUT2D eigenvalue weighted by Gasteiger charge is 2.43. The molecule has 1 aromatic rings. The minimum Gasteiger partial charge on any atom is -0.379 e. The number of methoxy groups -OCH3 is 2. The maximum atomic E-state index is 14.4. The number of nitrogens with zero attached hydrogens (tertiary/aromatic N) is 4. The molecule has 0 spiro atoms. The van der Waals surface area contributed by atoms with Crippen molar-refractivity contribution in [1.29, 1.82) is 0 Å². The molecule has 3 N–H and O–H groups in total. The van der Waals surface area contributed by atoms with Crippen molar-refractivity contribution in [2.24, 2.45) is 23.7 Å². The van der Waals surface area contributed by atoms with Gasteiger partial charge in [0.2, 0.25) is 29.5 Å². The van der Waals surface area contributed by atoms with Crippen molar-refractivity contribution < 1.29 is 33.4 Å². The van der Waals surface area contributed by atoms with E-state index in [9.17, 15) is 24.0 Å². The summed E-state index contributed by atoms with van der Waals surface area (Å²) in [6, 6.07) is 6.86. The zero-order valence-corrected chi connectivity index (χ0v) is 39.6. The lowest BCUT2D eigenvalue weighted by atomic mass is 9.89. The molecule has 6 unspecified atom stereocenters. The molecule has 1 heterocycles. The van der Waals surface area contributed by atoms with Crippen LogP contribution in [0.15, 0.2) is 30.3 Å². The van der Waals surface area contributed by atoms with Gasteiger partial charge in [0.1, 0.15) is 12.1 Å². The minimum atomic E-state index is -0.801. The Bertz CT molecular complexity index is 1490. The lowest BCUT2D eigenvalue weighted by Gasteiger charge is -2.41. The Balaban J connectivity index is 2.31. The normalized spacial score (nSPS) is 18.5. The molecule has 14 nitrogen and oxygen atoms in total. The van der Waals surface area contributed by atoms with Crippen molar-refractivity contribution in [3.63, 3.8) is 0 Å². The number of carbonyl (C=O) groups is 5. The van der Waals surface area contributed by atoms with Gasteiger partial charge in [0.15, 0.2) is 0 Å². The van der Waals surface area contributed by atoms with E-state index in [-0.39, 0.29) is 65.8 Å². The van der Waals surface area contributed by atoms with Gasteiger partial charge in [-0.05, 0) is 71.1 Å². The van der Waals surface area contributed by atoms with E-state index in [1.54, 1.807) is 38.0 Å². The van der Waals surface area contributed by atoms with Crippen LogP contribution >= 0.6 is 0 Å². The van der Waals surface area contributed by atoms with Crippen molar-refractivity contribution in [3.8, 4) is 0 Å². The third-order valence-corrected chi connectivity index (χ3v) is 12.4. The molecule has 1 fully saturated rings. The zero-order chi connectivity index (χ0) is 45.4. The van der Waals surface area contributed by atoms with Crippen LogP contribution in [0.25, 0.3) is 0 Å². The van der Waals surface area contributed by atoms with Gasteiger partial charge in [-0.25, -0.2) is 0 Å². The first-order valence-corrected chi connectivity index (χ1v) is 22.1. The first-order valence-electron chi connectivity index (χ1n) is 22.1. The summed E-state index contributed by atoms with van der Waals surface area (Å²) >= 11 is 0. The Morgan fingerprint density at radius 2 is 1.47 bits per heavy atom. The Morgan fingerprint density at radius 3 is 1.98 bits per heavy atom. The lowest BCUT2D eigenvalue weighted by molar-refractivity contribution is -0.148. The summed E-state index contributed by atoms with van der Waals surface area (Å²) in [5, 5.41) is 9.06. The average molecular weight is 844 g/mol. The van der Waals surface area contributed by atoms with E-state index in [1.165, 1.54) is 0 Å². The van der Waals surface area contributed by atoms with Crippen LogP contribution in [0, 0.1) is 23.7 Å². The van der Waals surface area contributed by atoms with Crippen molar-refractivity contribution in [2.75, 3.05) is 62.0 Å². The SMILES string of the molecule is CCC(C)[C@@H](C(CC(=O)N1CCCC1[C@H](OC)C(C)C(=O)NC(Cc1ccccc1)C(=O)NCCN(C)C)OC)N(C)C(=O)[C@@H](NC(=O)C(C(C)C)N(C)C(C)C)C(C)C. The van der Waals surface area contributed by atoms with E-state index in [1.807, 2.05) is 117 Å².